The van der Waals surface area contributed by atoms with E-state index >= 15 is 0 Å². The molecule has 0 atom stereocenters. The molecule has 0 aliphatic heterocycles. The van der Waals surface area contributed by atoms with Crippen molar-refractivity contribution >= 4 is 22.0 Å². The molecule has 0 radical (unpaired) electrons. The van der Waals surface area contributed by atoms with Crippen LogP contribution in [0.4, 0.5) is 5.69 Å². The van der Waals surface area contributed by atoms with Crippen LogP contribution in [0.2, 0.25) is 0 Å². The Morgan fingerprint density at radius 2 is 1.94 bits per heavy atom. The van der Waals surface area contributed by atoms with Gasteiger partial charge in [-0.25, -0.2) is 0 Å². The second kappa shape index (κ2) is 4.38. The summed E-state index contributed by atoms with van der Waals surface area (Å²) in [4.78, 5) is 0.861. The Labute approximate surface area is 108 Å². The molecule has 1 aromatic carbocycles. The summed E-state index contributed by atoms with van der Waals surface area (Å²) in [5, 5.41) is 13.6. The lowest BCUT2D eigenvalue weighted by molar-refractivity contribution is 0.833. The molecular weight excluding hydrogens is 246 g/mol. The quantitative estimate of drug-likeness (QED) is 0.729. The largest absolute Gasteiger partial charge is 0.399 e. The zero-order valence-corrected chi connectivity index (χ0v) is 10.8. The summed E-state index contributed by atoms with van der Waals surface area (Å²) in [5.74, 6) is 0.833. The molecule has 0 aliphatic rings. The maximum Gasteiger partial charge on any atom is 0.234 e. The molecule has 0 saturated heterocycles. The Morgan fingerprint density at radius 3 is 2.67 bits per heavy atom. The smallest absolute Gasteiger partial charge is 0.234 e. The molecular formula is C12H13N5S. The van der Waals surface area contributed by atoms with Crippen molar-refractivity contribution in [3.63, 3.8) is 0 Å². The molecule has 2 heterocycles. The molecule has 0 fully saturated rings. The van der Waals surface area contributed by atoms with E-state index in [1.807, 2.05) is 19.1 Å². The second-order valence-corrected chi connectivity index (χ2v) is 5.22. The van der Waals surface area contributed by atoms with Gasteiger partial charge in [0.25, 0.3) is 0 Å². The number of hydrogen-bond donors (Lipinski definition) is 1. The normalized spacial score (nSPS) is 11.2. The monoisotopic (exact) mass is 259 g/mol. The second-order valence-electron chi connectivity index (χ2n) is 4.18. The fourth-order valence-corrected chi connectivity index (χ4v) is 2.67. The SMILES string of the molecule is Cc1nnc2sc(CCc3ccc(N)cc3)nn12. The van der Waals surface area contributed by atoms with Crippen LogP contribution in [0.25, 0.3) is 4.96 Å². The molecule has 5 nitrogen and oxygen atoms in total. The lowest BCUT2D eigenvalue weighted by Crippen LogP contribution is -1.94. The van der Waals surface area contributed by atoms with E-state index in [9.17, 15) is 0 Å². The molecule has 0 unspecified atom stereocenters. The molecule has 2 aromatic heterocycles. The van der Waals surface area contributed by atoms with Gasteiger partial charge in [-0.15, -0.1) is 10.2 Å². The van der Waals surface area contributed by atoms with E-state index in [0.29, 0.717) is 0 Å². The maximum absolute atomic E-state index is 5.66. The van der Waals surface area contributed by atoms with Gasteiger partial charge in [-0.3, -0.25) is 0 Å². The van der Waals surface area contributed by atoms with Gasteiger partial charge in [-0.1, -0.05) is 23.5 Å². The third-order valence-electron chi connectivity index (χ3n) is 2.80. The molecule has 0 aliphatic carbocycles. The molecule has 3 rings (SSSR count). The summed E-state index contributed by atoms with van der Waals surface area (Å²) >= 11 is 1.59. The Hall–Kier alpha value is -1.95. The fourth-order valence-electron chi connectivity index (χ4n) is 1.79. The number of fused-ring (bicyclic) bond motifs is 1. The Balaban J connectivity index is 1.74. The van der Waals surface area contributed by atoms with Crippen LogP contribution in [0, 0.1) is 6.92 Å². The van der Waals surface area contributed by atoms with Gasteiger partial charge in [0.1, 0.15) is 5.01 Å². The Morgan fingerprint density at radius 1 is 1.17 bits per heavy atom. The standard InChI is InChI=1S/C12H13N5S/c1-8-14-15-12-17(8)16-11(18-12)7-4-9-2-5-10(13)6-3-9/h2-3,5-6H,4,7,13H2,1H3. The van der Waals surface area contributed by atoms with E-state index in [-0.39, 0.29) is 0 Å². The van der Waals surface area contributed by atoms with Crippen molar-refractivity contribution in [2.24, 2.45) is 0 Å². The zero-order valence-electron chi connectivity index (χ0n) is 10.00. The van der Waals surface area contributed by atoms with Crippen LogP contribution < -0.4 is 5.73 Å². The summed E-state index contributed by atoms with van der Waals surface area (Å²) in [6.45, 7) is 1.91. The minimum Gasteiger partial charge on any atom is -0.399 e. The van der Waals surface area contributed by atoms with Crippen molar-refractivity contribution in [3.05, 3.63) is 40.7 Å². The number of aryl methyl sites for hydroxylation is 3. The topological polar surface area (TPSA) is 69.1 Å². The first-order valence-corrected chi connectivity index (χ1v) is 6.56. The molecule has 0 spiro atoms. The minimum absolute atomic E-state index is 0.799. The van der Waals surface area contributed by atoms with E-state index in [1.54, 1.807) is 15.9 Å². The highest BCUT2D eigenvalue weighted by molar-refractivity contribution is 7.16. The highest BCUT2D eigenvalue weighted by Crippen LogP contribution is 2.16. The number of benzene rings is 1. The highest BCUT2D eigenvalue weighted by atomic mass is 32.1. The van der Waals surface area contributed by atoms with Crippen molar-refractivity contribution in [2.75, 3.05) is 5.73 Å². The minimum atomic E-state index is 0.799. The number of nitrogens with zero attached hydrogens (tertiary/aromatic N) is 4. The van der Waals surface area contributed by atoms with Crippen molar-refractivity contribution in [1.82, 2.24) is 19.8 Å². The predicted octanol–water partition coefficient (Wildman–Crippen LogP) is 1.86. The van der Waals surface area contributed by atoms with E-state index in [0.717, 1.165) is 34.3 Å². The third kappa shape index (κ3) is 2.06. The van der Waals surface area contributed by atoms with E-state index < -0.39 is 0 Å². The Bertz CT molecular complexity index is 667. The first kappa shape index (κ1) is 11.2. The van der Waals surface area contributed by atoms with Crippen molar-refractivity contribution in [1.29, 1.82) is 0 Å². The summed E-state index contributed by atoms with van der Waals surface area (Å²) in [6.07, 6.45) is 1.88. The molecule has 6 heteroatoms. The van der Waals surface area contributed by atoms with Crippen molar-refractivity contribution in [2.45, 2.75) is 19.8 Å². The lowest BCUT2D eigenvalue weighted by Gasteiger charge is -1.99. The number of anilines is 1. The maximum atomic E-state index is 5.66. The van der Waals surface area contributed by atoms with Crippen LogP contribution in [0.15, 0.2) is 24.3 Å². The summed E-state index contributed by atoms with van der Waals surface area (Å²) in [7, 11) is 0. The summed E-state index contributed by atoms with van der Waals surface area (Å²) in [6, 6.07) is 7.97. The van der Waals surface area contributed by atoms with Gasteiger partial charge in [0.2, 0.25) is 4.96 Å². The first-order chi connectivity index (χ1) is 8.72. The van der Waals surface area contributed by atoms with Gasteiger partial charge in [-0.05, 0) is 31.0 Å². The van der Waals surface area contributed by atoms with Gasteiger partial charge in [0.15, 0.2) is 5.82 Å². The van der Waals surface area contributed by atoms with Crippen LogP contribution in [0.5, 0.6) is 0 Å². The molecule has 2 N–H and O–H groups in total. The molecule has 0 amide bonds. The number of aromatic nitrogens is 4. The average molecular weight is 259 g/mol. The van der Waals surface area contributed by atoms with Gasteiger partial charge in [0, 0.05) is 12.1 Å². The van der Waals surface area contributed by atoms with Crippen LogP contribution in [0.3, 0.4) is 0 Å². The lowest BCUT2D eigenvalue weighted by atomic mass is 10.1. The predicted molar refractivity (Wildman–Crippen MR) is 71.7 cm³/mol. The van der Waals surface area contributed by atoms with Crippen molar-refractivity contribution < 1.29 is 0 Å². The van der Waals surface area contributed by atoms with Crippen LogP contribution in [-0.4, -0.2) is 19.8 Å². The van der Waals surface area contributed by atoms with Crippen LogP contribution in [-0.2, 0) is 12.8 Å². The summed E-state index contributed by atoms with van der Waals surface area (Å²) in [5.41, 5.74) is 7.73. The number of nitrogens with two attached hydrogens (primary N) is 1. The van der Waals surface area contributed by atoms with Crippen molar-refractivity contribution in [3.8, 4) is 0 Å². The zero-order chi connectivity index (χ0) is 12.5. The highest BCUT2D eigenvalue weighted by Gasteiger charge is 2.08. The molecule has 92 valence electrons. The fraction of sp³-hybridized carbons (Fsp3) is 0.250. The number of hydrogen-bond acceptors (Lipinski definition) is 5. The third-order valence-corrected chi connectivity index (χ3v) is 3.75. The molecule has 0 bridgehead atoms. The van der Waals surface area contributed by atoms with Gasteiger partial charge in [0.05, 0.1) is 0 Å². The molecule has 0 saturated carbocycles. The van der Waals surface area contributed by atoms with Gasteiger partial charge in [-0.2, -0.15) is 9.61 Å². The van der Waals surface area contributed by atoms with Crippen LogP contribution in [0.1, 0.15) is 16.4 Å². The Kier molecular flexibility index (Phi) is 2.71. The van der Waals surface area contributed by atoms with Gasteiger partial charge >= 0.3 is 0 Å². The number of rotatable bonds is 3. The number of nitrogen functional groups attached to an aromatic ring is 1. The average Bonchev–Trinajstić information content (AvgIpc) is 2.91. The van der Waals surface area contributed by atoms with Gasteiger partial charge < -0.3 is 5.73 Å². The molecule has 3 aromatic rings. The first-order valence-electron chi connectivity index (χ1n) is 5.74. The van der Waals surface area contributed by atoms with E-state index in [4.69, 9.17) is 5.73 Å². The van der Waals surface area contributed by atoms with Crippen LogP contribution >= 0.6 is 11.3 Å². The van der Waals surface area contributed by atoms with E-state index in [2.05, 4.69) is 27.4 Å². The molecule has 18 heavy (non-hydrogen) atoms. The van der Waals surface area contributed by atoms with E-state index in [1.165, 1.54) is 5.56 Å². The summed E-state index contributed by atoms with van der Waals surface area (Å²) < 4.78 is 1.79.